The molecule has 3 aliphatic rings. The molecule has 1 aliphatic carbocycles. The number of imide groups is 1. The molecule has 4 atom stereocenters. The van der Waals surface area contributed by atoms with Crippen LogP contribution in [0.4, 0.5) is 5.69 Å². The molecule has 0 saturated carbocycles. The van der Waals surface area contributed by atoms with E-state index in [0.717, 1.165) is 49.1 Å². The van der Waals surface area contributed by atoms with Crippen LogP contribution in [0.1, 0.15) is 51.3 Å². The number of amides is 2. The number of aromatic hydroxyl groups is 1. The van der Waals surface area contributed by atoms with E-state index >= 15 is 0 Å². The number of phenolic OH excluding ortho intramolecular Hbond substituents is 1. The summed E-state index contributed by atoms with van der Waals surface area (Å²) < 4.78 is 14.1. The maximum Gasteiger partial charge on any atom is 0.488 e. The van der Waals surface area contributed by atoms with Crippen molar-refractivity contribution >= 4 is 78.3 Å². The summed E-state index contributed by atoms with van der Waals surface area (Å²) in [5, 5.41) is 45.8. The molecule has 2 aliphatic heterocycles. The molecule has 3 heterocycles. The molecule has 0 radical (unpaired) electrons. The predicted octanol–water partition coefficient (Wildman–Crippen LogP) is 6.52. The molecule has 0 unspecified atom stereocenters. The van der Waals surface area contributed by atoms with Crippen molar-refractivity contribution in [2.75, 3.05) is 11.5 Å². The number of hydrogen-bond acceptors (Lipinski definition) is 9. The predicted molar refractivity (Wildman–Crippen MR) is 259 cm³/mol. The van der Waals surface area contributed by atoms with Gasteiger partial charge in [-0.15, -0.1) is 0 Å². The molecule has 4 N–H and O–H groups in total. The number of fused-ring (bicyclic) bond motifs is 4. The standard InChI is InChI=1S/C52H52B2N2O8Si/c1-52(2,3)65(39-17-6-4-7-18-39,40-19-8-5-9-20-40)63-33-36-30-43-49(51(59)56(50(43)58)38-16-14-15-37(31-38)54(61)62)44-32-53(60)64-47(48(36)44)27-25-35(45-23-12-13-28-55-45)29-34-24-26-46(57)42-22-11-10-21-41(34)42/h4-24,26,28-29,31,43-44,47,49,57,60-62H,25,27,30,32-33H2,1-3H3/b35-29-/t43-,44+,47-,49-/m1/s1. The van der Waals surface area contributed by atoms with E-state index in [9.17, 15) is 29.8 Å². The third-order valence-electron chi connectivity index (χ3n) is 13.5. The van der Waals surface area contributed by atoms with Gasteiger partial charge in [-0.3, -0.25) is 19.5 Å². The van der Waals surface area contributed by atoms with E-state index in [4.69, 9.17) is 14.1 Å². The van der Waals surface area contributed by atoms with Crippen LogP contribution in [-0.4, -0.2) is 72.2 Å². The van der Waals surface area contributed by atoms with Crippen molar-refractivity contribution in [1.29, 1.82) is 0 Å². The van der Waals surface area contributed by atoms with Crippen molar-refractivity contribution in [3.8, 4) is 5.75 Å². The van der Waals surface area contributed by atoms with Gasteiger partial charge in [-0.2, -0.15) is 0 Å². The quantitative estimate of drug-likeness (QED) is 0.0613. The first kappa shape index (κ1) is 44.3. The fourth-order valence-corrected chi connectivity index (χ4v) is 15.2. The molecule has 0 bridgehead atoms. The summed E-state index contributed by atoms with van der Waals surface area (Å²) in [5.74, 6) is -2.64. The number of aromatic nitrogens is 1. The van der Waals surface area contributed by atoms with Crippen LogP contribution in [0.15, 0.2) is 157 Å². The maximum atomic E-state index is 14.8. The smallest absolute Gasteiger partial charge is 0.488 e. The van der Waals surface area contributed by atoms with E-state index in [-0.39, 0.29) is 53.1 Å². The second-order valence-corrected chi connectivity index (χ2v) is 22.7. The summed E-state index contributed by atoms with van der Waals surface area (Å²) in [6.07, 6.45) is 4.46. The van der Waals surface area contributed by atoms with Crippen LogP contribution in [0.5, 0.6) is 5.75 Å². The number of benzene rings is 5. The van der Waals surface area contributed by atoms with Crippen molar-refractivity contribution in [1.82, 2.24) is 4.98 Å². The minimum absolute atomic E-state index is 0.112. The number of anilines is 1. The van der Waals surface area contributed by atoms with Gasteiger partial charge in [0.25, 0.3) is 8.32 Å². The lowest BCUT2D eigenvalue weighted by atomic mass is 9.58. The molecule has 328 valence electrons. The van der Waals surface area contributed by atoms with E-state index < -0.39 is 46.4 Å². The second kappa shape index (κ2) is 18.2. The average Bonchev–Trinajstić information content (AvgIpc) is 3.57. The molecule has 5 aromatic carbocycles. The third-order valence-corrected chi connectivity index (χ3v) is 18.5. The van der Waals surface area contributed by atoms with Crippen molar-refractivity contribution in [3.63, 3.8) is 0 Å². The summed E-state index contributed by atoms with van der Waals surface area (Å²) in [5.41, 5.74) is 4.80. The molecule has 10 nitrogen and oxygen atoms in total. The molecule has 1 aromatic heterocycles. The Labute approximate surface area is 381 Å². The SMILES string of the molecule is CC(C)(C)[Si](OCC1=C2[C@@H](CC/C(=C/c3ccc(O)c4ccccc34)c3ccccn3)OB(O)C[C@@H]2[C@@H]2C(=O)N(c3cccc(B(O)O)c3)C(=O)[C@@H]2C1)(c1ccccc1)c1ccccc1. The third kappa shape index (κ3) is 8.33. The van der Waals surface area contributed by atoms with Gasteiger partial charge in [0.05, 0.1) is 35.9 Å². The highest BCUT2D eigenvalue weighted by Crippen LogP contribution is 2.52. The van der Waals surface area contributed by atoms with Gasteiger partial charge in [-0.25, -0.2) is 0 Å². The number of allylic oxidation sites excluding steroid dienone is 1. The molecule has 2 fully saturated rings. The summed E-state index contributed by atoms with van der Waals surface area (Å²) >= 11 is 0. The summed E-state index contributed by atoms with van der Waals surface area (Å²) in [6, 6.07) is 44.0. The summed E-state index contributed by atoms with van der Waals surface area (Å²) in [4.78, 5) is 35.4. The van der Waals surface area contributed by atoms with Gasteiger partial charge in [-0.05, 0) is 116 Å². The highest BCUT2D eigenvalue weighted by molar-refractivity contribution is 6.99. The Balaban J connectivity index is 1.15. The van der Waals surface area contributed by atoms with Crippen LogP contribution in [0.3, 0.4) is 0 Å². The molecule has 0 spiro atoms. The second-order valence-electron chi connectivity index (χ2n) is 18.4. The number of hydrogen-bond donors (Lipinski definition) is 4. The zero-order valence-corrected chi connectivity index (χ0v) is 37.7. The summed E-state index contributed by atoms with van der Waals surface area (Å²) in [7, 11) is -6.09. The zero-order valence-electron chi connectivity index (χ0n) is 36.7. The Morgan fingerprint density at radius 2 is 1.52 bits per heavy atom. The number of pyridine rings is 1. The van der Waals surface area contributed by atoms with Crippen LogP contribution in [0.25, 0.3) is 22.4 Å². The Morgan fingerprint density at radius 1 is 0.846 bits per heavy atom. The van der Waals surface area contributed by atoms with Gasteiger partial charge in [-0.1, -0.05) is 130 Å². The molecular weight excluding hydrogens is 830 g/mol. The average molecular weight is 883 g/mol. The van der Waals surface area contributed by atoms with Gasteiger partial charge in [0, 0.05) is 11.6 Å². The first-order valence-electron chi connectivity index (χ1n) is 22.3. The Kier molecular flexibility index (Phi) is 12.4. The van der Waals surface area contributed by atoms with Gasteiger partial charge in [0.2, 0.25) is 11.8 Å². The maximum absolute atomic E-state index is 14.8. The minimum Gasteiger partial charge on any atom is -0.507 e. The van der Waals surface area contributed by atoms with E-state index in [1.165, 1.54) is 17.0 Å². The van der Waals surface area contributed by atoms with Crippen LogP contribution in [-0.2, 0) is 18.7 Å². The number of nitrogens with zero attached hydrogens (tertiary/aromatic N) is 2. The first-order valence-corrected chi connectivity index (χ1v) is 24.2. The first-order chi connectivity index (χ1) is 31.4. The number of carbonyl (C=O) groups is 2. The van der Waals surface area contributed by atoms with E-state index in [1.54, 1.807) is 24.4 Å². The summed E-state index contributed by atoms with van der Waals surface area (Å²) in [6.45, 7) is 6.83. The van der Waals surface area contributed by atoms with Gasteiger partial charge in [0.15, 0.2) is 0 Å². The molecule has 6 aromatic rings. The highest BCUT2D eigenvalue weighted by Gasteiger charge is 2.58. The Hall–Kier alpha value is -5.92. The molecule has 9 rings (SSSR count). The van der Waals surface area contributed by atoms with Gasteiger partial charge >= 0.3 is 14.2 Å². The van der Waals surface area contributed by atoms with Crippen LogP contribution < -0.4 is 20.7 Å². The fraction of sp³-hybridized carbons (Fsp3) is 0.250. The number of phenols is 1. The Bertz CT molecular complexity index is 2740. The lowest BCUT2D eigenvalue weighted by Gasteiger charge is -2.46. The van der Waals surface area contributed by atoms with Crippen molar-refractivity contribution in [3.05, 3.63) is 168 Å². The van der Waals surface area contributed by atoms with Crippen LogP contribution in [0, 0.1) is 17.8 Å². The monoisotopic (exact) mass is 882 g/mol. The number of rotatable bonds is 12. The van der Waals surface area contributed by atoms with Crippen molar-refractivity contribution < 1.29 is 38.8 Å². The van der Waals surface area contributed by atoms with Crippen LogP contribution >= 0.6 is 0 Å². The van der Waals surface area contributed by atoms with E-state index in [2.05, 4.69) is 51.1 Å². The Morgan fingerprint density at radius 3 is 2.18 bits per heavy atom. The van der Waals surface area contributed by atoms with E-state index in [0.29, 0.717) is 12.8 Å². The fourth-order valence-electron chi connectivity index (χ4n) is 10.7. The highest BCUT2D eigenvalue weighted by atomic mass is 28.4. The topological polar surface area (TPSA) is 150 Å². The van der Waals surface area contributed by atoms with E-state index in [1.807, 2.05) is 84.9 Å². The molecule has 2 saturated heterocycles. The molecule has 2 amide bonds. The lowest BCUT2D eigenvalue weighted by molar-refractivity contribution is -0.122. The molecule has 65 heavy (non-hydrogen) atoms. The normalized spacial score (nSPS) is 20.3. The van der Waals surface area contributed by atoms with Crippen molar-refractivity contribution in [2.45, 2.75) is 57.5 Å². The van der Waals surface area contributed by atoms with Crippen molar-refractivity contribution in [2.24, 2.45) is 17.8 Å². The minimum atomic E-state index is -3.09. The number of carbonyl (C=O) groups excluding carboxylic acids is 2. The lowest BCUT2D eigenvalue weighted by Crippen LogP contribution is -2.66. The molecular formula is C52H52B2N2O8Si. The zero-order chi connectivity index (χ0) is 45.5. The van der Waals surface area contributed by atoms with Gasteiger partial charge in [0.1, 0.15) is 5.75 Å². The van der Waals surface area contributed by atoms with Crippen LogP contribution in [0.2, 0.25) is 11.4 Å². The van der Waals surface area contributed by atoms with Gasteiger partial charge < -0.3 is 29.3 Å². The largest absolute Gasteiger partial charge is 0.507 e. The molecule has 13 heteroatoms.